The molecule has 4 rings (SSSR count). The van der Waals surface area contributed by atoms with Gasteiger partial charge in [-0.15, -0.1) is 0 Å². The number of hydrogen-bond donors (Lipinski definition) is 2. The zero-order valence-corrected chi connectivity index (χ0v) is 19.4. The highest BCUT2D eigenvalue weighted by molar-refractivity contribution is 14.1. The number of carboxylic acid groups (broad SMARTS) is 1. The number of thiocarbonyl (C=S) groups is 1. The smallest absolute Gasteiger partial charge is 0.336 e. The van der Waals surface area contributed by atoms with Gasteiger partial charge in [0.15, 0.2) is 5.43 Å². The van der Waals surface area contributed by atoms with Crippen LogP contribution in [0.3, 0.4) is 0 Å². The first kappa shape index (κ1) is 22.1. The number of isothiocyanates is 1. The number of aromatic carboxylic acids is 1. The van der Waals surface area contributed by atoms with E-state index in [9.17, 15) is 24.2 Å². The minimum absolute atomic E-state index is 0.0102. The monoisotopic (exact) mass is 565 g/mol. The Bertz CT molecular complexity index is 1440. The Labute approximate surface area is 201 Å². The average molecular weight is 565 g/mol. The molecule has 1 aliphatic heterocycles. The molecule has 2 N–H and O–H groups in total. The maximum atomic E-state index is 11.9. The number of halogens is 2. The van der Waals surface area contributed by atoms with Crippen molar-refractivity contribution in [3.8, 4) is 28.2 Å². The maximum Gasteiger partial charge on any atom is 0.336 e. The van der Waals surface area contributed by atoms with Crippen LogP contribution in [0.1, 0.15) is 18.7 Å². The fraction of sp³-hybridized carbons (Fsp3) is 0.0870. The topological polar surface area (TPSA) is 100 Å². The molecule has 2 aliphatic rings. The molecule has 0 saturated heterocycles. The molecule has 6 nitrogen and oxygen atoms in total. The zero-order valence-electron chi connectivity index (χ0n) is 17.4. The highest BCUT2D eigenvalue weighted by Crippen LogP contribution is 2.42. The van der Waals surface area contributed by atoms with Gasteiger partial charge in [0.05, 0.1) is 17.8 Å². The second-order valence-corrected chi connectivity index (χ2v) is 8.17. The predicted octanol–water partition coefficient (Wildman–Crippen LogP) is 6.44. The maximum absolute atomic E-state index is 11.9. The Morgan fingerprint density at radius 2 is 1.91 bits per heavy atom. The molecule has 2 aromatic carbocycles. The van der Waals surface area contributed by atoms with Gasteiger partial charge in [0.2, 0.25) is 0 Å². The van der Waals surface area contributed by atoms with Gasteiger partial charge in [-0.2, -0.15) is 4.99 Å². The van der Waals surface area contributed by atoms with Gasteiger partial charge in [-0.25, -0.2) is 9.18 Å². The van der Waals surface area contributed by atoms with Crippen LogP contribution in [0, 0.1) is 0 Å². The largest absolute Gasteiger partial charge is 0.508 e. The number of aliphatic imine (C=N–C) groups is 1. The zero-order chi connectivity index (χ0) is 24.3. The summed E-state index contributed by atoms with van der Waals surface area (Å²) < 4.78 is 21.6. The molecule has 0 saturated carbocycles. The molecule has 0 radical (unpaired) electrons. The molecule has 2 aromatic rings. The summed E-state index contributed by atoms with van der Waals surface area (Å²) in [7, 11) is 0. The first-order chi connectivity index (χ1) is 15.5. The normalized spacial score (nSPS) is 12.8. The van der Waals surface area contributed by atoms with Crippen LogP contribution >= 0.6 is 34.8 Å². The second kappa shape index (κ2) is 9.99. The number of alkyl halides is 2. The van der Waals surface area contributed by atoms with Crippen molar-refractivity contribution in [1.29, 1.82) is 0 Å². The number of hydrogen-bond acceptors (Lipinski definition) is 6. The summed E-state index contributed by atoms with van der Waals surface area (Å²) in [6.45, 7) is 1.17. The van der Waals surface area contributed by atoms with Crippen LogP contribution in [0.15, 0.2) is 68.8 Å². The van der Waals surface area contributed by atoms with Crippen LogP contribution in [-0.2, 0) is 0 Å². The van der Waals surface area contributed by atoms with Crippen molar-refractivity contribution in [2.75, 3.05) is 0 Å². The number of fused-ring (bicyclic) bond motifs is 2. The third-order valence-corrected chi connectivity index (χ3v) is 4.45. The van der Waals surface area contributed by atoms with Crippen LogP contribution in [0.5, 0.6) is 5.75 Å². The Hall–Kier alpha value is -3.14. The van der Waals surface area contributed by atoms with E-state index in [1.54, 1.807) is 24.3 Å². The van der Waals surface area contributed by atoms with Crippen molar-refractivity contribution in [1.82, 2.24) is 0 Å². The van der Waals surface area contributed by atoms with E-state index in [0.717, 1.165) is 0 Å². The number of phenols is 1. The van der Waals surface area contributed by atoms with Crippen molar-refractivity contribution < 1.29 is 25.2 Å². The Morgan fingerprint density at radius 3 is 2.56 bits per heavy atom. The van der Waals surface area contributed by atoms with E-state index in [1.165, 1.54) is 59.8 Å². The van der Waals surface area contributed by atoms with E-state index in [1.807, 2.05) is 0 Å². The number of aromatic hydroxyl groups is 1. The number of benzene rings is 3. The van der Waals surface area contributed by atoms with Gasteiger partial charge in [0.1, 0.15) is 21.2 Å². The fourth-order valence-electron chi connectivity index (χ4n) is 3.20. The number of rotatable bonds is 3. The van der Waals surface area contributed by atoms with Gasteiger partial charge >= 0.3 is 5.97 Å². The summed E-state index contributed by atoms with van der Waals surface area (Å²) in [6, 6.07) is 13.5. The Morgan fingerprint density at radius 1 is 1.22 bits per heavy atom. The molecule has 0 amide bonds. The molecule has 1 aliphatic carbocycles. The molecule has 1 unspecified atom stereocenters. The lowest BCUT2D eigenvalue weighted by molar-refractivity contribution is 0.0697. The van der Waals surface area contributed by atoms with E-state index in [0.29, 0.717) is 33.3 Å². The number of carbonyl (C=O) groups is 1. The molecule has 32 heavy (non-hydrogen) atoms. The lowest BCUT2D eigenvalue weighted by atomic mass is 9.90. The van der Waals surface area contributed by atoms with Gasteiger partial charge in [-0.3, -0.25) is 4.79 Å². The average Bonchev–Trinajstić information content (AvgIpc) is 2.71. The van der Waals surface area contributed by atoms with E-state index >= 15 is 0 Å². The van der Waals surface area contributed by atoms with Gasteiger partial charge in [0, 0.05) is 28.6 Å². The molecule has 1 atom stereocenters. The van der Waals surface area contributed by atoms with Crippen molar-refractivity contribution in [3.63, 3.8) is 0 Å². The molecule has 162 valence electrons. The van der Waals surface area contributed by atoms with Crippen LogP contribution in [0.25, 0.3) is 33.4 Å². The quantitative estimate of drug-likeness (QED) is 0.0976. The first-order valence-electron chi connectivity index (χ1n) is 9.51. The minimum Gasteiger partial charge on any atom is -0.508 e. The summed E-state index contributed by atoms with van der Waals surface area (Å²) in [4.78, 5) is 27.6. The third-order valence-electron chi connectivity index (χ3n) is 4.35. The van der Waals surface area contributed by atoms with Crippen LogP contribution < -0.4 is 5.43 Å². The summed E-state index contributed by atoms with van der Waals surface area (Å²) in [6.07, 6.45) is 0. The van der Waals surface area contributed by atoms with E-state index < -0.39 is 10.1 Å². The van der Waals surface area contributed by atoms with Crippen LogP contribution in [0.2, 0.25) is 0 Å². The first-order valence-corrected chi connectivity index (χ1v) is 10.5. The van der Waals surface area contributed by atoms with Crippen molar-refractivity contribution in [2.24, 2.45) is 4.99 Å². The number of nitrogens with zero attached hydrogens (tertiary/aromatic N) is 1. The van der Waals surface area contributed by atoms with Crippen molar-refractivity contribution in [2.45, 2.75) is 11.1 Å². The third kappa shape index (κ3) is 5.18. The van der Waals surface area contributed by atoms with E-state index in [2.05, 4.69) is 22.4 Å². The Kier molecular flexibility index (Phi) is 6.89. The van der Waals surface area contributed by atoms with E-state index in [-0.39, 0.29) is 22.5 Å². The number of phenolic OH excluding ortho intramolecular Hbond substituents is 1. The summed E-state index contributed by atoms with van der Waals surface area (Å²) in [5, 5.41) is 22.4. The van der Waals surface area contributed by atoms with Gasteiger partial charge in [0.25, 0.3) is 0 Å². The van der Waals surface area contributed by atoms with Gasteiger partial charge in [-0.05, 0) is 83.7 Å². The Balaban J connectivity index is 0.000000555. The van der Waals surface area contributed by atoms with Crippen LogP contribution in [0.4, 0.5) is 10.1 Å². The summed E-state index contributed by atoms with van der Waals surface area (Å²) >= 11 is 5.97. The summed E-state index contributed by atoms with van der Waals surface area (Å²) in [5.41, 5.74) is 2.03. The molecule has 1 heterocycles. The molecule has 0 aromatic heterocycles. The molecule has 0 bridgehead atoms. The minimum atomic E-state index is -1.78. The molecule has 9 heteroatoms. The highest BCUT2D eigenvalue weighted by Gasteiger charge is 2.22. The predicted molar refractivity (Wildman–Crippen MR) is 132 cm³/mol. The van der Waals surface area contributed by atoms with Gasteiger partial charge in [-0.1, -0.05) is 6.07 Å². The van der Waals surface area contributed by atoms with Crippen molar-refractivity contribution in [3.05, 3.63) is 70.4 Å². The van der Waals surface area contributed by atoms with E-state index in [4.69, 9.17) is 5.79 Å². The fourth-order valence-corrected chi connectivity index (χ4v) is 3.30. The molecule has 0 spiro atoms. The number of carboxylic acids is 1. The standard InChI is InChI=1S/C21H11NO5S.C2H4FI/c23-12-2-5-15-18(8-12)27-19-9-13(24)3-6-16(19)20(15)14-4-1-11(22-10-28)7-17(14)21(25)26;1-2(3)4/h1-9,23H,(H,25,26);2H,1H3/i;2T. The lowest BCUT2D eigenvalue weighted by Gasteiger charge is -2.16. The van der Waals surface area contributed by atoms with Crippen LogP contribution in [-0.4, -0.2) is 25.5 Å². The molecular formula is C23H15FINO5S. The molecule has 0 fully saturated rings. The lowest BCUT2D eigenvalue weighted by Crippen LogP contribution is -2.03. The highest BCUT2D eigenvalue weighted by atomic mass is 127. The SMILES string of the molecule is O=C(O)c1cc(N=C=S)ccc1-c1c2ccc(=O)cc-2oc2cc(O)ccc12.[3H]C(C)(F)I. The second-order valence-electron chi connectivity index (χ2n) is 6.50. The van der Waals surface area contributed by atoms with Gasteiger partial charge < -0.3 is 14.6 Å². The molecular weight excluding hydrogens is 548 g/mol. The summed E-state index contributed by atoms with van der Waals surface area (Å²) in [5.74, 6) is -0.861. The van der Waals surface area contributed by atoms with Crippen molar-refractivity contribution >= 4 is 62.6 Å².